The van der Waals surface area contributed by atoms with Gasteiger partial charge in [0, 0.05) is 59.3 Å². The number of benzene rings is 9. The SMILES string of the molecule is Cc1ccc(N(c2ccc(-c3ccccc3)c(-c3ccccc3)c2)c2cc(-c3cccc(-n4c5ccccc5c5ccccc54)c3)c3sc4ccccc4c3c2)cc1. The fourth-order valence-corrected chi connectivity index (χ4v) is 9.93. The van der Waals surface area contributed by atoms with Gasteiger partial charge in [-0.2, -0.15) is 0 Å². The van der Waals surface area contributed by atoms with Gasteiger partial charge < -0.3 is 9.47 Å². The van der Waals surface area contributed by atoms with Gasteiger partial charge in [0.2, 0.25) is 0 Å². The molecule has 58 heavy (non-hydrogen) atoms. The second kappa shape index (κ2) is 14.1. The largest absolute Gasteiger partial charge is 0.310 e. The van der Waals surface area contributed by atoms with Crippen molar-refractivity contribution in [3.8, 4) is 39.1 Å². The van der Waals surface area contributed by atoms with E-state index < -0.39 is 0 Å². The van der Waals surface area contributed by atoms with E-state index in [-0.39, 0.29) is 0 Å². The number of thiophene rings is 1. The van der Waals surface area contributed by atoms with Crippen LogP contribution in [0.25, 0.3) is 81.0 Å². The topological polar surface area (TPSA) is 8.17 Å². The summed E-state index contributed by atoms with van der Waals surface area (Å²) in [4.78, 5) is 2.44. The van der Waals surface area contributed by atoms with Crippen molar-refractivity contribution in [2.45, 2.75) is 6.92 Å². The van der Waals surface area contributed by atoms with Crippen molar-refractivity contribution in [1.29, 1.82) is 0 Å². The lowest BCUT2D eigenvalue weighted by molar-refractivity contribution is 1.18. The van der Waals surface area contributed by atoms with Crippen LogP contribution in [0.2, 0.25) is 0 Å². The van der Waals surface area contributed by atoms with Crippen molar-refractivity contribution in [1.82, 2.24) is 4.57 Å². The van der Waals surface area contributed by atoms with E-state index in [0.29, 0.717) is 0 Å². The third-order valence-corrected chi connectivity index (χ3v) is 12.7. The molecule has 0 aliphatic heterocycles. The number of para-hydroxylation sites is 2. The van der Waals surface area contributed by atoms with Gasteiger partial charge in [-0.1, -0.05) is 151 Å². The van der Waals surface area contributed by atoms with Crippen LogP contribution in [-0.2, 0) is 0 Å². The first-order valence-electron chi connectivity index (χ1n) is 19.8. The summed E-state index contributed by atoms with van der Waals surface area (Å²) in [5.74, 6) is 0. The highest BCUT2D eigenvalue weighted by atomic mass is 32.1. The Bertz CT molecular complexity index is 3230. The average Bonchev–Trinajstić information content (AvgIpc) is 3.83. The third-order valence-electron chi connectivity index (χ3n) is 11.4. The van der Waals surface area contributed by atoms with Crippen LogP contribution in [0.15, 0.2) is 212 Å². The third kappa shape index (κ3) is 5.79. The number of nitrogens with zero attached hydrogens (tertiary/aromatic N) is 2. The Morgan fingerprint density at radius 3 is 1.66 bits per heavy atom. The maximum Gasteiger partial charge on any atom is 0.0541 e. The number of hydrogen-bond acceptors (Lipinski definition) is 2. The van der Waals surface area contributed by atoms with Gasteiger partial charge in [-0.05, 0) is 101 Å². The first-order chi connectivity index (χ1) is 28.7. The summed E-state index contributed by atoms with van der Waals surface area (Å²) >= 11 is 1.88. The lowest BCUT2D eigenvalue weighted by Gasteiger charge is -2.28. The molecule has 2 aromatic heterocycles. The number of aromatic nitrogens is 1. The molecule has 2 nitrogen and oxygen atoms in total. The molecule has 0 atom stereocenters. The van der Waals surface area contributed by atoms with E-state index in [1.54, 1.807) is 0 Å². The molecule has 9 aromatic carbocycles. The van der Waals surface area contributed by atoms with Gasteiger partial charge in [-0.3, -0.25) is 0 Å². The summed E-state index contributed by atoms with van der Waals surface area (Å²) in [6.07, 6.45) is 0. The molecule has 0 spiro atoms. The van der Waals surface area contributed by atoms with Gasteiger partial charge >= 0.3 is 0 Å². The molecular formula is C55H38N2S. The minimum atomic E-state index is 1.10. The average molecular weight is 759 g/mol. The van der Waals surface area contributed by atoms with Gasteiger partial charge in [0.25, 0.3) is 0 Å². The molecule has 0 bridgehead atoms. The second-order valence-electron chi connectivity index (χ2n) is 15.0. The molecular weight excluding hydrogens is 721 g/mol. The quantitative estimate of drug-likeness (QED) is 0.157. The summed E-state index contributed by atoms with van der Waals surface area (Å²) in [5, 5.41) is 5.06. The highest BCUT2D eigenvalue weighted by molar-refractivity contribution is 7.26. The number of hydrogen-bond donors (Lipinski definition) is 0. The molecule has 0 saturated heterocycles. The fraction of sp³-hybridized carbons (Fsp3) is 0.0182. The van der Waals surface area contributed by atoms with E-state index in [1.165, 1.54) is 80.9 Å². The van der Waals surface area contributed by atoms with E-state index in [0.717, 1.165) is 22.7 Å². The van der Waals surface area contributed by atoms with Gasteiger partial charge in [-0.15, -0.1) is 11.3 Å². The molecule has 0 radical (unpaired) electrons. The van der Waals surface area contributed by atoms with Crippen LogP contribution in [0.4, 0.5) is 17.1 Å². The van der Waals surface area contributed by atoms with Crippen LogP contribution in [0.3, 0.4) is 0 Å². The Kier molecular flexibility index (Phi) is 8.27. The normalized spacial score (nSPS) is 11.5. The molecule has 3 heteroatoms. The van der Waals surface area contributed by atoms with Crippen molar-refractivity contribution in [3.05, 3.63) is 218 Å². The van der Waals surface area contributed by atoms with Crippen LogP contribution >= 0.6 is 11.3 Å². The zero-order valence-corrected chi connectivity index (χ0v) is 32.8. The summed E-state index contributed by atoms with van der Waals surface area (Å²) in [5.41, 5.74) is 15.3. The molecule has 274 valence electrons. The van der Waals surface area contributed by atoms with Crippen LogP contribution in [0.5, 0.6) is 0 Å². The number of fused-ring (bicyclic) bond motifs is 6. The Labute approximate surface area is 342 Å². The highest BCUT2D eigenvalue weighted by Gasteiger charge is 2.21. The van der Waals surface area contributed by atoms with Crippen LogP contribution < -0.4 is 4.90 Å². The molecule has 11 aromatic rings. The molecule has 0 saturated carbocycles. The monoisotopic (exact) mass is 758 g/mol. The van der Waals surface area contributed by atoms with E-state index >= 15 is 0 Å². The van der Waals surface area contributed by atoms with Crippen molar-refractivity contribution < 1.29 is 0 Å². The van der Waals surface area contributed by atoms with Crippen LogP contribution in [0, 0.1) is 6.92 Å². The van der Waals surface area contributed by atoms with Gasteiger partial charge in [0.1, 0.15) is 0 Å². The zero-order valence-electron chi connectivity index (χ0n) is 32.0. The Morgan fingerprint density at radius 2 is 0.948 bits per heavy atom. The predicted molar refractivity (Wildman–Crippen MR) is 249 cm³/mol. The maximum atomic E-state index is 2.44. The standard InChI is InChI=1S/C55H38N2S/c1-37-27-29-41(30-28-37)56(43-31-32-45(38-15-4-2-5-16-38)49(34-43)39-17-6-3-7-18-39)44-35-50(55-51(36-44)48-23-10-13-26-54(48)58-55)40-19-14-20-42(33-40)57-52-24-11-8-21-46(52)47-22-9-12-25-53(47)57/h2-36H,1H3. The molecule has 0 aliphatic rings. The van der Waals surface area contributed by atoms with Crippen molar-refractivity contribution in [3.63, 3.8) is 0 Å². The fourth-order valence-electron chi connectivity index (χ4n) is 8.71. The van der Waals surface area contributed by atoms with Gasteiger partial charge in [0.05, 0.1) is 11.0 Å². The van der Waals surface area contributed by atoms with E-state index in [1.807, 2.05) is 11.3 Å². The van der Waals surface area contributed by atoms with Crippen molar-refractivity contribution in [2.75, 3.05) is 4.90 Å². The van der Waals surface area contributed by atoms with E-state index in [9.17, 15) is 0 Å². The smallest absolute Gasteiger partial charge is 0.0541 e. The van der Waals surface area contributed by atoms with Gasteiger partial charge in [-0.25, -0.2) is 0 Å². The Balaban J connectivity index is 1.16. The van der Waals surface area contributed by atoms with Crippen molar-refractivity contribution >= 4 is 70.4 Å². The van der Waals surface area contributed by atoms with Gasteiger partial charge in [0.15, 0.2) is 0 Å². The highest BCUT2D eigenvalue weighted by Crippen LogP contribution is 2.47. The molecule has 0 N–H and O–H groups in total. The predicted octanol–water partition coefficient (Wildman–Crippen LogP) is 15.9. The number of anilines is 3. The van der Waals surface area contributed by atoms with E-state index in [2.05, 4.69) is 229 Å². The Hall–Kier alpha value is -7.20. The zero-order chi connectivity index (χ0) is 38.6. The summed E-state index contributed by atoms with van der Waals surface area (Å²) < 4.78 is 4.99. The maximum absolute atomic E-state index is 2.44. The van der Waals surface area contributed by atoms with E-state index in [4.69, 9.17) is 0 Å². The molecule has 2 heterocycles. The molecule has 11 rings (SSSR count). The lowest BCUT2D eigenvalue weighted by Crippen LogP contribution is -2.10. The van der Waals surface area contributed by atoms with Crippen molar-refractivity contribution in [2.24, 2.45) is 0 Å². The summed E-state index contributed by atoms with van der Waals surface area (Å²) in [6, 6.07) is 77.6. The molecule has 0 aliphatic carbocycles. The number of aryl methyl sites for hydroxylation is 1. The molecule has 0 amide bonds. The Morgan fingerprint density at radius 1 is 0.379 bits per heavy atom. The van der Waals surface area contributed by atoms with Crippen LogP contribution in [0.1, 0.15) is 5.56 Å². The second-order valence-corrected chi connectivity index (χ2v) is 16.1. The minimum absolute atomic E-state index is 1.10. The molecule has 0 unspecified atom stereocenters. The lowest BCUT2D eigenvalue weighted by atomic mass is 9.93. The minimum Gasteiger partial charge on any atom is -0.310 e. The molecule has 0 fully saturated rings. The first-order valence-corrected chi connectivity index (χ1v) is 20.7. The van der Waals surface area contributed by atoms with Crippen LogP contribution in [-0.4, -0.2) is 4.57 Å². The number of rotatable bonds is 7. The summed E-state index contributed by atoms with van der Waals surface area (Å²) in [6.45, 7) is 2.15. The first kappa shape index (κ1) is 34.1. The summed E-state index contributed by atoms with van der Waals surface area (Å²) in [7, 11) is 0.